The molecule has 2 aromatic carbocycles. The van der Waals surface area contributed by atoms with Crippen molar-refractivity contribution in [2.24, 2.45) is 0 Å². The summed E-state index contributed by atoms with van der Waals surface area (Å²) < 4.78 is 2.13. The Morgan fingerprint density at radius 2 is 1.90 bits per heavy atom. The number of aromatic nitrogens is 1. The van der Waals surface area contributed by atoms with E-state index in [1.165, 1.54) is 15.1 Å². The zero-order valence-corrected chi connectivity index (χ0v) is 20.5. The third-order valence-electron chi connectivity index (χ3n) is 5.66. The van der Waals surface area contributed by atoms with E-state index in [-0.39, 0.29) is 5.91 Å². The molecule has 31 heavy (non-hydrogen) atoms. The molecule has 4 nitrogen and oxygen atoms in total. The lowest BCUT2D eigenvalue weighted by atomic mass is 10.0. The molecule has 1 aliphatic rings. The molecule has 1 N–H and O–H groups in total. The first-order valence-corrected chi connectivity index (χ1v) is 12.7. The molecular formula is C24H22BrN3OS2. The lowest BCUT2D eigenvalue weighted by Gasteiger charge is -2.30. The third-order valence-corrected chi connectivity index (χ3v) is 8.37. The van der Waals surface area contributed by atoms with Crippen LogP contribution < -0.4 is 5.32 Å². The van der Waals surface area contributed by atoms with Crippen LogP contribution in [0.4, 0.5) is 5.00 Å². The van der Waals surface area contributed by atoms with Gasteiger partial charge in [-0.2, -0.15) is 0 Å². The van der Waals surface area contributed by atoms with Gasteiger partial charge in [0.25, 0.3) is 5.91 Å². The average molecular weight is 512 g/mol. The van der Waals surface area contributed by atoms with Crippen LogP contribution in [0.1, 0.15) is 34.6 Å². The van der Waals surface area contributed by atoms with Crippen LogP contribution in [-0.4, -0.2) is 28.4 Å². The summed E-state index contributed by atoms with van der Waals surface area (Å²) in [5, 5.41) is 5.10. The van der Waals surface area contributed by atoms with Crippen LogP contribution in [0, 0.1) is 0 Å². The van der Waals surface area contributed by atoms with Crippen molar-refractivity contribution in [2.45, 2.75) is 32.9 Å². The second kappa shape index (κ2) is 8.47. The van der Waals surface area contributed by atoms with Gasteiger partial charge in [-0.3, -0.25) is 9.69 Å². The summed E-state index contributed by atoms with van der Waals surface area (Å²) in [7, 11) is 0. The number of carbonyl (C=O) groups excluding carboxylic acids is 1. The van der Waals surface area contributed by atoms with Crippen molar-refractivity contribution in [2.75, 3.05) is 11.9 Å². The van der Waals surface area contributed by atoms with Gasteiger partial charge < -0.3 is 5.32 Å². The van der Waals surface area contributed by atoms with Gasteiger partial charge in [0.2, 0.25) is 0 Å². The normalized spacial score (nSPS) is 14.2. The van der Waals surface area contributed by atoms with Crippen LogP contribution in [0.2, 0.25) is 0 Å². The highest BCUT2D eigenvalue weighted by Gasteiger charge is 2.28. The molecule has 0 aliphatic carbocycles. The number of thiophene rings is 1. The Hall–Kier alpha value is -2.06. The quantitative estimate of drug-likeness (QED) is 0.327. The topological polar surface area (TPSA) is 45.2 Å². The number of amides is 1. The van der Waals surface area contributed by atoms with Crippen molar-refractivity contribution in [3.8, 4) is 10.6 Å². The zero-order chi connectivity index (χ0) is 21.5. The predicted molar refractivity (Wildman–Crippen MR) is 134 cm³/mol. The first kappa shape index (κ1) is 20.8. The molecule has 0 saturated carbocycles. The Labute approximate surface area is 198 Å². The van der Waals surface area contributed by atoms with E-state index in [0.717, 1.165) is 45.1 Å². The van der Waals surface area contributed by atoms with E-state index in [9.17, 15) is 4.79 Å². The molecule has 0 atom stereocenters. The summed E-state index contributed by atoms with van der Waals surface area (Å²) >= 11 is 6.83. The molecule has 4 aromatic rings. The Balaban J connectivity index is 1.58. The van der Waals surface area contributed by atoms with Crippen molar-refractivity contribution in [3.05, 3.63) is 69.0 Å². The van der Waals surface area contributed by atoms with Crippen LogP contribution in [0.25, 0.3) is 20.8 Å². The zero-order valence-electron chi connectivity index (χ0n) is 17.3. The summed E-state index contributed by atoms with van der Waals surface area (Å²) in [5.74, 6) is -0.0887. The molecule has 0 unspecified atom stereocenters. The van der Waals surface area contributed by atoms with Gasteiger partial charge in [0.15, 0.2) is 0 Å². The van der Waals surface area contributed by atoms with E-state index in [4.69, 9.17) is 4.98 Å². The number of hydrogen-bond donors (Lipinski definition) is 1. The number of carbonyl (C=O) groups is 1. The molecule has 0 spiro atoms. The summed E-state index contributed by atoms with van der Waals surface area (Å²) in [4.78, 5) is 21.8. The van der Waals surface area contributed by atoms with Crippen LogP contribution in [0.5, 0.6) is 0 Å². The van der Waals surface area contributed by atoms with Gasteiger partial charge in [-0.05, 0) is 62.2 Å². The smallest absolute Gasteiger partial charge is 0.256 e. The highest BCUT2D eigenvalue weighted by Crippen LogP contribution is 2.46. The van der Waals surface area contributed by atoms with E-state index in [0.29, 0.717) is 11.6 Å². The molecule has 1 amide bonds. The van der Waals surface area contributed by atoms with Crippen LogP contribution in [0.3, 0.4) is 0 Å². The van der Waals surface area contributed by atoms with Gasteiger partial charge in [-0.1, -0.05) is 28.1 Å². The largest absolute Gasteiger partial charge is 0.313 e. The maximum absolute atomic E-state index is 13.0. The SMILES string of the molecule is CC(C)N1CCc2c(sc(NC(=O)c3ccc(Br)cc3)c2-c2nc3ccccc3s2)C1. The minimum Gasteiger partial charge on any atom is -0.313 e. The number of hydrogen-bond acceptors (Lipinski definition) is 5. The minimum absolute atomic E-state index is 0.0887. The molecular weight excluding hydrogens is 490 g/mol. The second-order valence-electron chi connectivity index (χ2n) is 7.97. The van der Waals surface area contributed by atoms with Crippen LogP contribution >= 0.6 is 38.6 Å². The number of benzene rings is 2. The van der Waals surface area contributed by atoms with Crippen molar-refractivity contribution in [1.29, 1.82) is 0 Å². The predicted octanol–water partition coefficient (Wildman–Crippen LogP) is 6.81. The molecule has 7 heteroatoms. The number of anilines is 1. The maximum atomic E-state index is 13.0. The molecule has 0 saturated heterocycles. The number of halogens is 1. The molecule has 0 fully saturated rings. The number of rotatable bonds is 4. The van der Waals surface area contributed by atoms with Crippen molar-refractivity contribution in [3.63, 3.8) is 0 Å². The molecule has 0 radical (unpaired) electrons. The van der Waals surface area contributed by atoms with E-state index in [2.05, 4.69) is 52.1 Å². The minimum atomic E-state index is -0.0887. The number of para-hydroxylation sites is 1. The van der Waals surface area contributed by atoms with Gasteiger partial charge >= 0.3 is 0 Å². The number of nitrogens with one attached hydrogen (secondary N) is 1. The van der Waals surface area contributed by atoms with E-state index in [1.807, 2.05) is 36.4 Å². The number of fused-ring (bicyclic) bond motifs is 2. The fourth-order valence-corrected chi connectivity index (χ4v) is 6.58. The molecule has 5 rings (SSSR count). The van der Waals surface area contributed by atoms with E-state index >= 15 is 0 Å². The molecule has 3 heterocycles. The maximum Gasteiger partial charge on any atom is 0.256 e. The molecule has 0 bridgehead atoms. The second-order valence-corrected chi connectivity index (χ2v) is 11.0. The van der Waals surface area contributed by atoms with Gasteiger partial charge in [0.1, 0.15) is 10.0 Å². The summed E-state index contributed by atoms with van der Waals surface area (Å²) in [6.45, 7) is 6.43. The van der Waals surface area contributed by atoms with Gasteiger partial charge in [-0.15, -0.1) is 22.7 Å². The van der Waals surface area contributed by atoms with Crippen molar-refractivity contribution in [1.82, 2.24) is 9.88 Å². The number of thiazole rings is 1. The van der Waals surface area contributed by atoms with E-state index < -0.39 is 0 Å². The monoisotopic (exact) mass is 511 g/mol. The summed E-state index contributed by atoms with van der Waals surface area (Å²) in [5.41, 5.74) is 4.10. The van der Waals surface area contributed by atoms with Crippen molar-refractivity contribution < 1.29 is 4.79 Å². The fourth-order valence-electron chi connectivity index (χ4n) is 3.93. The first-order chi connectivity index (χ1) is 15.0. The van der Waals surface area contributed by atoms with Gasteiger partial charge in [0.05, 0.1) is 10.2 Å². The highest BCUT2D eigenvalue weighted by atomic mass is 79.9. The average Bonchev–Trinajstić information content (AvgIpc) is 3.33. The van der Waals surface area contributed by atoms with Gasteiger partial charge in [0, 0.05) is 39.6 Å². The lowest BCUT2D eigenvalue weighted by molar-refractivity contribution is 0.102. The van der Waals surface area contributed by atoms with E-state index in [1.54, 1.807) is 22.7 Å². The lowest BCUT2D eigenvalue weighted by Crippen LogP contribution is -2.35. The fraction of sp³-hybridized carbons (Fsp3) is 0.250. The van der Waals surface area contributed by atoms with Crippen LogP contribution in [0.15, 0.2) is 53.0 Å². The number of nitrogens with zero attached hydrogens (tertiary/aromatic N) is 2. The van der Waals surface area contributed by atoms with Gasteiger partial charge in [-0.25, -0.2) is 4.98 Å². The highest BCUT2D eigenvalue weighted by molar-refractivity contribution is 9.10. The molecule has 2 aromatic heterocycles. The first-order valence-electron chi connectivity index (χ1n) is 10.3. The Bertz CT molecular complexity index is 1230. The standard InChI is InChI=1S/C24H22BrN3OS2/c1-14(2)28-12-11-17-20(13-28)31-24(27-22(29)15-7-9-16(25)10-8-15)21(17)23-26-18-5-3-4-6-19(18)30-23/h3-10,14H,11-13H2,1-2H3,(H,27,29). The Kier molecular flexibility index (Phi) is 5.69. The van der Waals surface area contributed by atoms with Crippen molar-refractivity contribution >= 4 is 59.7 Å². The molecule has 1 aliphatic heterocycles. The summed E-state index contributed by atoms with van der Waals surface area (Å²) in [6.07, 6.45) is 0.976. The Morgan fingerprint density at radius 1 is 1.13 bits per heavy atom. The van der Waals surface area contributed by atoms with Crippen LogP contribution in [-0.2, 0) is 13.0 Å². The molecule has 158 valence electrons. The third kappa shape index (κ3) is 4.07. The summed E-state index contributed by atoms with van der Waals surface area (Å²) in [6, 6.07) is 16.2. The Morgan fingerprint density at radius 3 is 2.65 bits per heavy atom.